The lowest BCUT2D eigenvalue weighted by atomic mass is 10.1. The summed E-state index contributed by atoms with van der Waals surface area (Å²) in [7, 11) is -3.20. The van der Waals surface area contributed by atoms with Crippen molar-refractivity contribution in [3.05, 3.63) is 35.4 Å². The maximum absolute atomic E-state index is 11.2. The molecule has 86 valence electrons. The van der Waals surface area contributed by atoms with Crippen LogP contribution < -0.4 is 0 Å². The van der Waals surface area contributed by atoms with Gasteiger partial charge in [0.1, 0.15) is 0 Å². The molecule has 0 aliphatic heterocycles. The molecule has 1 rings (SSSR count). The summed E-state index contributed by atoms with van der Waals surface area (Å²) >= 11 is 0. The van der Waals surface area contributed by atoms with Crippen LogP contribution in [0.2, 0.25) is 0 Å². The largest absolute Gasteiger partial charge is 0.478 e. The lowest BCUT2D eigenvalue weighted by Crippen LogP contribution is -1.97. The van der Waals surface area contributed by atoms with Crippen molar-refractivity contribution in [2.45, 2.75) is 11.8 Å². The van der Waals surface area contributed by atoms with Gasteiger partial charge in [-0.3, -0.25) is 0 Å². The highest BCUT2D eigenvalue weighted by atomic mass is 32.2. The van der Waals surface area contributed by atoms with Gasteiger partial charge in [-0.15, -0.1) is 0 Å². The van der Waals surface area contributed by atoms with Gasteiger partial charge in [0.15, 0.2) is 9.84 Å². The first-order valence-corrected chi connectivity index (χ1v) is 6.41. The molecule has 0 radical (unpaired) electrons. The molecular formula is C11H12O4S. The summed E-state index contributed by atoms with van der Waals surface area (Å²) in [6.45, 7) is 1.48. The van der Waals surface area contributed by atoms with E-state index in [9.17, 15) is 13.2 Å². The first-order valence-electron chi connectivity index (χ1n) is 4.52. The van der Waals surface area contributed by atoms with Gasteiger partial charge in [0, 0.05) is 11.8 Å². The van der Waals surface area contributed by atoms with Crippen LogP contribution in [0.3, 0.4) is 0 Å². The van der Waals surface area contributed by atoms with Crippen LogP contribution in [-0.4, -0.2) is 25.7 Å². The first kappa shape index (κ1) is 12.4. The molecule has 0 saturated heterocycles. The van der Waals surface area contributed by atoms with Gasteiger partial charge in [-0.2, -0.15) is 0 Å². The summed E-state index contributed by atoms with van der Waals surface area (Å²) in [6, 6.07) is 6.05. The van der Waals surface area contributed by atoms with Crippen molar-refractivity contribution >= 4 is 21.9 Å². The van der Waals surface area contributed by atoms with Gasteiger partial charge < -0.3 is 5.11 Å². The second-order valence-electron chi connectivity index (χ2n) is 3.47. The van der Waals surface area contributed by atoms with Crippen LogP contribution in [0, 0.1) is 0 Å². The Morgan fingerprint density at radius 1 is 1.25 bits per heavy atom. The number of benzene rings is 1. The maximum Gasteiger partial charge on any atom is 0.331 e. The number of carboxylic acids is 1. The SMILES string of the molecule is C/C(=C\c1ccc(S(C)(=O)=O)cc1)C(=O)O. The normalized spacial score (nSPS) is 12.5. The van der Waals surface area contributed by atoms with Crippen LogP contribution in [0.5, 0.6) is 0 Å². The van der Waals surface area contributed by atoms with Crippen molar-refractivity contribution in [2.75, 3.05) is 6.26 Å². The summed E-state index contributed by atoms with van der Waals surface area (Å²) in [6.07, 6.45) is 2.61. The van der Waals surface area contributed by atoms with E-state index in [-0.39, 0.29) is 10.5 Å². The van der Waals surface area contributed by atoms with Crippen molar-refractivity contribution in [1.82, 2.24) is 0 Å². The van der Waals surface area contributed by atoms with Gasteiger partial charge in [0.05, 0.1) is 4.90 Å². The molecule has 0 saturated carbocycles. The van der Waals surface area contributed by atoms with Gasteiger partial charge >= 0.3 is 5.97 Å². The molecule has 1 aromatic carbocycles. The van der Waals surface area contributed by atoms with Crippen LogP contribution in [0.25, 0.3) is 6.08 Å². The third kappa shape index (κ3) is 3.20. The summed E-state index contributed by atoms with van der Waals surface area (Å²) in [5.74, 6) is -0.993. The van der Waals surface area contributed by atoms with Gasteiger partial charge in [0.25, 0.3) is 0 Å². The smallest absolute Gasteiger partial charge is 0.331 e. The fourth-order valence-electron chi connectivity index (χ4n) is 1.12. The number of aliphatic carboxylic acids is 1. The molecule has 0 bridgehead atoms. The molecule has 0 heterocycles. The molecule has 0 aliphatic carbocycles. The molecule has 1 N–H and O–H groups in total. The van der Waals surface area contributed by atoms with Gasteiger partial charge in [-0.05, 0) is 30.7 Å². The van der Waals surface area contributed by atoms with E-state index in [1.165, 1.54) is 25.1 Å². The van der Waals surface area contributed by atoms with E-state index in [1.807, 2.05) is 0 Å². The Kier molecular flexibility index (Phi) is 3.49. The molecule has 0 atom stereocenters. The number of sulfone groups is 1. The average Bonchev–Trinajstić information content (AvgIpc) is 2.17. The van der Waals surface area contributed by atoms with E-state index >= 15 is 0 Å². The summed E-state index contributed by atoms with van der Waals surface area (Å²) < 4.78 is 22.3. The van der Waals surface area contributed by atoms with E-state index in [4.69, 9.17) is 5.11 Å². The third-order valence-electron chi connectivity index (χ3n) is 2.03. The second kappa shape index (κ2) is 4.49. The van der Waals surface area contributed by atoms with Crippen LogP contribution in [0.1, 0.15) is 12.5 Å². The quantitative estimate of drug-likeness (QED) is 0.814. The number of carbonyl (C=O) groups is 1. The number of rotatable bonds is 3. The van der Waals surface area contributed by atoms with Crippen LogP contribution >= 0.6 is 0 Å². The lowest BCUT2D eigenvalue weighted by molar-refractivity contribution is -0.132. The Balaban J connectivity index is 3.06. The van der Waals surface area contributed by atoms with E-state index < -0.39 is 15.8 Å². The molecule has 0 aromatic heterocycles. The highest BCUT2D eigenvalue weighted by molar-refractivity contribution is 7.90. The zero-order valence-corrected chi connectivity index (χ0v) is 9.78. The summed E-state index contributed by atoms with van der Waals surface area (Å²) in [5, 5.41) is 8.66. The minimum absolute atomic E-state index is 0.201. The lowest BCUT2D eigenvalue weighted by Gasteiger charge is -1.99. The Morgan fingerprint density at radius 3 is 2.12 bits per heavy atom. The molecule has 0 aliphatic rings. The van der Waals surface area contributed by atoms with Crippen LogP contribution in [-0.2, 0) is 14.6 Å². The maximum atomic E-state index is 11.2. The average molecular weight is 240 g/mol. The number of hydrogen-bond acceptors (Lipinski definition) is 3. The number of carboxylic acid groups (broad SMARTS) is 1. The summed E-state index contributed by atoms with van der Waals surface area (Å²) in [5.41, 5.74) is 0.861. The van der Waals surface area contributed by atoms with Gasteiger partial charge in [-0.1, -0.05) is 12.1 Å². The highest BCUT2D eigenvalue weighted by Gasteiger charge is 2.06. The molecule has 0 fully saturated rings. The molecular weight excluding hydrogens is 228 g/mol. The zero-order chi connectivity index (χ0) is 12.3. The van der Waals surface area contributed by atoms with Crippen molar-refractivity contribution in [2.24, 2.45) is 0 Å². The Bertz CT molecular complexity index is 524. The molecule has 16 heavy (non-hydrogen) atoms. The minimum Gasteiger partial charge on any atom is -0.478 e. The predicted octanol–water partition coefficient (Wildman–Crippen LogP) is 1.58. The van der Waals surface area contributed by atoms with Crippen molar-refractivity contribution in [1.29, 1.82) is 0 Å². The van der Waals surface area contributed by atoms with Gasteiger partial charge in [-0.25, -0.2) is 13.2 Å². The number of hydrogen-bond donors (Lipinski definition) is 1. The van der Waals surface area contributed by atoms with E-state index in [0.717, 1.165) is 6.26 Å². The van der Waals surface area contributed by atoms with Gasteiger partial charge in [0.2, 0.25) is 0 Å². The topological polar surface area (TPSA) is 71.4 Å². The Hall–Kier alpha value is -1.62. The second-order valence-corrected chi connectivity index (χ2v) is 5.49. The highest BCUT2D eigenvalue weighted by Crippen LogP contribution is 2.12. The van der Waals surface area contributed by atoms with E-state index in [2.05, 4.69) is 0 Å². The Morgan fingerprint density at radius 2 is 1.75 bits per heavy atom. The predicted molar refractivity (Wildman–Crippen MR) is 60.8 cm³/mol. The van der Waals surface area contributed by atoms with E-state index in [1.54, 1.807) is 12.1 Å². The fraction of sp³-hybridized carbons (Fsp3) is 0.182. The first-order chi connectivity index (χ1) is 7.30. The minimum atomic E-state index is -3.20. The Labute approximate surface area is 94.1 Å². The standard InChI is InChI=1S/C11H12O4S/c1-8(11(12)13)7-9-3-5-10(6-4-9)16(2,14)15/h3-7H,1-2H3,(H,12,13)/b8-7+. The van der Waals surface area contributed by atoms with Crippen molar-refractivity contribution < 1.29 is 18.3 Å². The third-order valence-corrected chi connectivity index (χ3v) is 3.16. The van der Waals surface area contributed by atoms with Crippen LogP contribution in [0.15, 0.2) is 34.7 Å². The molecule has 0 spiro atoms. The van der Waals surface area contributed by atoms with Crippen LogP contribution in [0.4, 0.5) is 0 Å². The van der Waals surface area contributed by atoms with Crippen molar-refractivity contribution in [3.63, 3.8) is 0 Å². The monoisotopic (exact) mass is 240 g/mol. The molecule has 4 nitrogen and oxygen atoms in total. The zero-order valence-electron chi connectivity index (χ0n) is 8.97. The summed E-state index contributed by atoms with van der Waals surface area (Å²) in [4.78, 5) is 10.8. The fourth-order valence-corrected chi connectivity index (χ4v) is 1.75. The van der Waals surface area contributed by atoms with E-state index in [0.29, 0.717) is 5.56 Å². The molecule has 1 aromatic rings. The molecule has 0 unspecified atom stereocenters. The molecule has 5 heteroatoms. The van der Waals surface area contributed by atoms with Crippen molar-refractivity contribution in [3.8, 4) is 0 Å². The molecule has 0 amide bonds.